The fourth-order valence-electron chi connectivity index (χ4n) is 2.89. The van der Waals surface area contributed by atoms with Gasteiger partial charge in [0.1, 0.15) is 5.82 Å². The average Bonchev–Trinajstić information content (AvgIpc) is 3.42. The van der Waals surface area contributed by atoms with Crippen LogP contribution in [0.1, 0.15) is 15.9 Å². The Balaban J connectivity index is 1.62. The Bertz CT molecular complexity index is 1130. The molecule has 8 heteroatoms. The highest BCUT2D eigenvalue weighted by Crippen LogP contribution is 2.20. The van der Waals surface area contributed by atoms with Gasteiger partial charge in [-0.15, -0.1) is 5.10 Å². The monoisotopic (exact) mass is 405 g/mol. The lowest BCUT2D eigenvalue weighted by Crippen LogP contribution is -2.17. The van der Waals surface area contributed by atoms with Gasteiger partial charge in [-0.1, -0.05) is 12.1 Å². The molecular weight excluding hydrogens is 385 g/mol. The van der Waals surface area contributed by atoms with Crippen molar-refractivity contribution in [1.82, 2.24) is 14.8 Å². The van der Waals surface area contributed by atoms with Crippen LogP contribution in [0.4, 0.5) is 16.0 Å². The van der Waals surface area contributed by atoms with Crippen molar-refractivity contribution < 1.29 is 13.6 Å². The number of carbonyl (C=O) groups is 1. The van der Waals surface area contributed by atoms with Gasteiger partial charge in [-0.2, -0.15) is 9.67 Å². The summed E-state index contributed by atoms with van der Waals surface area (Å²) < 4.78 is 19.8. The first-order chi connectivity index (χ1) is 14.5. The lowest BCUT2D eigenvalue weighted by molar-refractivity contribution is 0.0947. The van der Waals surface area contributed by atoms with Crippen molar-refractivity contribution in [2.45, 2.75) is 6.54 Å². The lowest BCUT2D eigenvalue weighted by Gasteiger charge is -2.13. The van der Waals surface area contributed by atoms with Gasteiger partial charge in [-0.25, -0.2) is 4.39 Å². The van der Waals surface area contributed by atoms with Gasteiger partial charge in [-0.05, 0) is 54.1 Å². The highest BCUT2D eigenvalue weighted by atomic mass is 19.1. The summed E-state index contributed by atoms with van der Waals surface area (Å²) in [6.07, 6.45) is 1.51. The second-order valence-corrected chi connectivity index (χ2v) is 6.87. The number of hydrogen-bond donors (Lipinski definition) is 1. The number of nitrogens with one attached hydrogen (secondary N) is 1. The van der Waals surface area contributed by atoms with E-state index in [1.807, 2.05) is 43.3 Å². The second kappa shape index (κ2) is 8.20. The Hall–Kier alpha value is -3.94. The molecule has 152 valence electrons. The van der Waals surface area contributed by atoms with Crippen LogP contribution in [-0.2, 0) is 6.54 Å². The van der Waals surface area contributed by atoms with Crippen molar-refractivity contribution in [3.8, 4) is 11.6 Å². The number of furan rings is 1. The van der Waals surface area contributed by atoms with Crippen LogP contribution in [0.3, 0.4) is 0 Å². The number of carbonyl (C=O) groups excluding carboxylic acids is 1. The maximum absolute atomic E-state index is 13.2. The molecule has 4 rings (SSSR count). The van der Waals surface area contributed by atoms with Gasteiger partial charge in [0, 0.05) is 31.9 Å². The largest absolute Gasteiger partial charge is 0.461 e. The van der Waals surface area contributed by atoms with Crippen LogP contribution in [0, 0.1) is 5.82 Å². The summed E-state index contributed by atoms with van der Waals surface area (Å²) in [4.78, 5) is 19.4. The number of benzene rings is 2. The van der Waals surface area contributed by atoms with E-state index < -0.39 is 11.7 Å². The van der Waals surface area contributed by atoms with Crippen LogP contribution < -0.4 is 10.2 Å². The number of hydrogen-bond acceptors (Lipinski definition) is 6. The number of anilines is 2. The SMILES string of the molecule is CN(C)c1ccc(CNc2nc(-c3ccco3)nn2C(=O)c2ccc(F)cc2)cc1. The van der Waals surface area contributed by atoms with E-state index in [0.29, 0.717) is 17.9 Å². The average molecular weight is 405 g/mol. The molecule has 0 bridgehead atoms. The molecule has 2 aromatic carbocycles. The fraction of sp³-hybridized carbons (Fsp3) is 0.136. The van der Waals surface area contributed by atoms with E-state index in [4.69, 9.17) is 4.42 Å². The van der Waals surface area contributed by atoms with Gasteiger partial charge in [0.25, 0.3) is 5.91 Å². The molecule has 0 spiro atoms. The third-order valence-electron chi connectivity index (χ3n) is 4.54. The summed E-state index contributed by atoms with van der Waals surface area (Å²) in [6, 6.07) is 16.7. The maximum Gasteiger partial charge on any atom is 0.281 e. The molecule has 0 unspecified atom stereocenters. The Morgan fingerprint density at radius 2 is 1.83 bits per heavy atom. The van der Waals surface area contributed by atoms with Gasteiger partial charge >= 0.3 is 0 Å². The van der Waals surface area contributed by atoms with E-state index in [9.17, 15) is 9.18 Å². The van der Waals surface area contributed by atoms with E-state index in [1.54, 1.807) is 12.1 Å². The second-order valence-electron chi connectivity index (χ2n) is 6.87. The minimum absolute atomic E-state index is 0.271. The van der Waals surface area contributed by atoms with E-state index in [1.165, 1.54) is 35.2 Å². The Kier molecular flexibility index (Phi) is 5.30. The van der Waals surface area contributed by atoms with Gasteiger partial charge in [0.15, 0.2) is 5.76 Å². The Morgan fingerprint density at radius 1 is 1.10 bits per heavy atom. The van der Waals surface area contributed by atoms with Crippen LogP contribution in [0.2, 0.25) is 0 Å². The van der Waals surface area contributed by atoms with Crippen molar-refractivity contribution >= 4 is 17.5 Å². The summed E-state index contributed by atoms with van der Waals surface area (Å²) in [7, 11) is 3.96. The Labute approximate surface area is 172 Å². The van der Waals surface area contributed by atoms with Crippen molar-refractivity contribution in [3.63, 3.8) is 0 Å². The zero-order valence-electron chi connectivity index (χ0n) is 16.5. The molecule has 0 fully saturated rings. The van der Waals surface area contributed by atoms with E-state index >= 15 is 0 Å². The molecular formula is C22H20FN5O2. The molecule has 2 aromatic heterocycles. The van der Waals surface area contributed by atoms with Gasteiger partial charge in [-0.3, -0.25) is 4.79 Å². The first-order valence-electron chi connectivity index (χ1n) is 9.32. The zero-order chi connectivity index (χ0) is 21.1. The maximum atomic E-state index is 13.2. The first kappa shape index (κ1) is 19.4. The van der Waals surface area contributed by atoms with Crippen molar-refractivity contribution in [3.05, 3.63) is 83.9 Å². The molecule has 0 radical (unpaired) electrons. The van der Waals surface area contributed by atoms with E-state index in [2.05, 4.69) is 15.4 Å². The molecule has 7 nitrogen and oxygen atoms in total. The van der Waals surface area contributed by atoms with Crippen LogP contribution in [-0.4, -0.2) is 34.8 Å². The lowest BCUT2D eigenvalue weighted by atomic mass is 10.2. The van der Waals surface area contributed by atoms with Crippen molar-refractivity contribution in [2.75, 3.05) is 24.3 Å². The summed E-state index contributed by atoms with van der Waals surface area (Å²) in [5.41, 5.74) is 2.41. The minimum atomic E-state index is -0.425. The third kappa shape index (κ3) is 4.07. The fourth-order valence-corrected chi connectivity index (χ4v) is 2.89. The Morgan fingerprint density at radius 3 is 2.47 bits per heavy atom. The number of halogens is 1. The van der Waals surface area contributed by atoms with Crippen LogP contribution >= 0.6 is 0 Å². The highest BCUT2D eigenvalue weighted by molar-refractivity contribution is 5.97. The van der Waals surface area contributed by atoms with Crippen molar-refractivity contribution in [2.24, 2.45) is 0 Å². The van der Waals surface area contributed by atoms with E-state index in [0.717, 1.165) is 11.3 Å². The molecule has 0 aliphatic rings. The smallest absolute Gasteiger partial charge is 0.281 e. The summed E-state index contributed by atoms with van der Waals surface area (Å²) in [6.45, 7) is 0.445. The van der Waals surface area contributed by atoms with Crippen LogP contribution in [0.5, 0.6) is 0 Å². The highest BCUT2D eigenvalue weighted by Gasteiger charge is 2.20. The normalized spacial score (nSPS) is 10.8. The third-order valence-corrected chi connectivity index (χ3v) is 4.54. The van der Waals surface area contributed by atoms with Gasteiger partial charge in [0.05, 0.1) is 6.26 Å². The minimum Gasteiger partial charge on any atom is -0.461 e. The van der Waals surface area contributed by atoms with Crippen LogP contribution in [0.25, 0.3) is 11.6 Å². The quantitative estimate of drug-likeness (QED) is 0.522. The molecule has 0 aliphatic carbocycles. The van der Waals surface area contributed by atoms with Crippen molar-refractivity contribution in [1.29, 1.82) is 0 Å². The number of aromatic nitrogens is 3. The van der Waals surface area contributed by atoms with E-state index in [-0.39, 0.29) is 11.8 Å². The molecule has 0 saturated carbocycles. The molecule has 1 N–H and O–H groups in total. The molecule has 0 aliphatic heterocycles. The zero-order valence-corrected chi connectivity index (χ0v) is 16.5. The van der Waals surface area contributed by atoms with Gasteiger partial charge in [0.2, 0.25) is 11.8 Å². The standard InChI is InChI=1S/C22H20FN5O2/c1-27(2)18-11-5-15(6-12-18)14-24-22-25-20(19-4-3-13-30-19)26-28(22)21(29)16-7-9-17(23)10-8-16/h3-13H,14H2,1-2H3,(H,24,25,26). The number of nitrogens with zero attached hydrogens (tertiary/aromatic N) is 4. The first-order valence-corrected chi connectivity index (χ1v) is 9.32. The molecule has 4 aromatic rings. The molecule has 0 atom stereocenters. The molecule has 0 amide bonds. The predicted molar refractivity (Wildman–Crippen MR) is 112 cm³/mol. The summed E-state index contributed by atoms with van der Waals surface area (Å²) >= 11 is 0. The topological polar surface area (TPSA) is 76.2 Å². The molecule has 30 heavy (non-hydrogen) atoms. The molecule has 2 heterocycles. The van der Waals surface area contributed by atoms with Gasteiger partial charge < -0.3 is 14.6 Å². The predicted octanol–water partition coefficient (Wildman–Crippen LogP) is 4.04. The summed E-state index contributed by atoms with van der Waals surface area (Å²) in [5, 5.41) is 7.46. The summed E-state index contributed by atoms with van der Waals surface area (Å²) in [5.74, 6) is 0.152. The molecule has 0 saturated heterocycles. The van der Waals surface area contributed by atoms with Crippen LogP contribution in [0.15, 0.2) is 71.3 Å². The number of rotatable bonds is 6.